The van der Waals surface area contributed by atoms with Crippen molar-refractivity contribution < 1.29 is 9.13 Å². The summed E-state index contributed by atoms with van der Waals surface area (Å²) in [6.07, 6.45) is 0. The Labute approximate surface area is 96.1 Å². The Bertz CT molecular complexity index is 376. The van der Waals surface area contributed by atoms with Crippen LogP contribution in [0.2, 0.25) is 0 Å². The van der Waals surface area contributed by atoms with Crippen molar-refractivity contribution >= 4 is 0 Å². The van der Waals surface area contributed by atoms with Crippen molar-refractivity contribution in [3.8, 4) is 5.75 Å². The van der Waals surface area contributed by atoms with Crippen LogP contribution in [-0.4, -0.2) is 13.7 Å². The number of benzene rings is 1. The van der Waals surface area contributed by atoms with Gasteiger partial charge in [-0.15, -0.1) is 0 Å². The first-order valence-electron chi connectivity index (χ1n) is 5.26. The molecule has 0 aliphatic rings. The van der Waals surface area contributed by atoms with Crippen LogP contribution in [0.15, 0.2) is 30.4 Å². The molecular formula is C13H18FNO. The molecule has 0 radical (unpaired) electrons. The van der Waals surface area contributed by atoms with Gasteiger partial charge >= 0.3 is 0 Å². The molecule has 16 heavy (non-hydrogen) atoms. The second kappa shape index (κ2) is 5.66. The second-order valence-electron chi connectivity index (χ2n) is 3.92. The van der Waals surface area contributed by atoms with Crippen molar-refractivity contribution in [2.24, 2.45) is 0 Å². The van der Waals surface area contributed by atoms with Gasteiger partial charge in [-0.25, -0.2) is 4.39 Å². The Morgan fingerprint density at radius 2 is 2.25 bits per heavy atom. The highest BCUT2D eigenvalue weighted by molar-refractivity contribution is 5.36. The SMILES string of the molecule is C=C(C)CNC(C)c1c(F)cccc1OC. The molecular weight excluding hydrogens is 205 g/mol. The highest BCUT2D eigenvalue weighted by Crippen LogP contribution is 2.27. The van der Waals surface area contributed by atoms with Crippen molar-refractivity contribution in [2.75, 3.05) is 13.7 Å². The predicted octanol–water partition coefficient (Wildman–Crippen LogP) is 3.06. The van der Waals surface area contributed by atoms with Crippen LogP contribution in [-0.2, 0) is 0 Å². The Hall–Kier alpha value is -1.35. The van der Waals surface area contributed by atoms with Gasteiger partial charge in [-0.1, -0.05) is 18.2 Å². The van der Waals surface area contributed by atoms with Crippen LogP contribution in [0.5, 0.6) is 5.75 Å². The molecule has 1 aromatic carbocycles. The van der Waals surface area contributed by atoms with E-state index in [0.29, 0.717) is 17.9 Å². The van der Waals surface area contributed by atoms with Crippen molar-refractivity contribution in [1.82, 2.24) is 5.32 Å². The summed E-state index contributed by atoms with van der Waals surface area (Å²) in [6, 6.07) is 4.74. The normalized spacial score (nSPS) is 12.2. The van der Waals surface area contributed by atoms with E-state index >= 15 is 0 Å². The van der Waals surface area contributed by atoms with Gasteiger partial charge in [0, 0.05) is 18.2 Å². The van der Waals surface area contributed by atoms with E-state index in [2.05, 4.69) is 11.9 Å². The lowest BCUT2D eigenvalue weighted by Gasteiger charge is -2.18. The smallest absolute Gasteiger partial charge is 0.131 e. The van der Waals surface area contributed by atoms with Crippen LogP contribution in [0, 0.1) is 5.82 Å². The van der Waals surface area contributed by atoms with Crippen molar-refractivity contribution in [3.05, 3.63) is 41.7 Å². The number of nitrogens with one attached hydrogen (secondary N) is 1. The summed E-state index contributed by atoms with van der Waals surface area (Å²) in [5.74, 6) is 0.322. The van der Waals surface area contributed by atoms with Crippen LogP contribution >= 0.6 is 0 Å². The fourth-order valence-electron chi connectivity index (χ4n) is 1.54. The number of hydrogen-bond donors (Lipinski definition) is 1. The summed E-state index contributed by atoms with van der Waals surface area (Å²) in [5, 5.41) is 3.19. The summed E-state index contributed by atoms with van der Waals surface area (Å²) in [4.78, 5) is 0. The topological polar surface area (TPSA) is 21.3 Å². The average Bonchev–Trinajstić information content (AvgIpc) is 2.25. The van der Waals surface area contributed by atoms with E-state index < -0.39 is 0 Å². The Morgan fingerprint density at radius 3 is 2.81 bits per heavy atom. The van der Waals surface area contributed by atoms with Gasteiger partial charge in [0.15, 0.2) is 0 Å². The third-order valence-electron chi connectivity index (χ3n) is 2.38. The maximum absolute atomic E-state index is 13.7. The average molecular weight is 223 g/mol. The maximum atomic E-state index is 13.7. The number of halogens is 1. The van der Waals surface area contributed by atoms with Crippen molar-refractivity contribution in [2.45, 2.75) is 19.9 Å². The molecule has 88 valence electrons. The number of ether oxygens (including phenoxy) is 1. The largest absolute Gasteiger partial charge is 0.496 e. The summed E-state index contributed by atoms with van der Waals surface area (Å²) < 4.78 is 18.8. The lowest BCUT2D eigenvalue weighted by atomic mass is 10.1. The third-order valence-corrected chi connectivity index (χ3v) is 2.38. The minimum atomic E-state index is -0.249. The molecule has 0 saturated heterocycles. The van der Waals surface area contributed by atoms with E-state index in [1.807, 2.05) is 13.8 Å². The standard InChI is InChI=1S/C13H18FNO/c1-9(2)8-15-10(3)13-11(14)6-5-7-12(13)16-4/h5-7,10,15H,1,8H2,2-4H3. The predicted molar refractivity (Wildman–Crippen MR) is 64.2 cm³/mol. The van der Waals surface area contributed by atoms with Crippen LogP contribution in [0.4, 0.5) is 4.39 Å². The molecule has 0 spiro atoms. The first-order chi connectivity index (χ1) is 7.56. The molecule has 0 saturated carbocycles. The molecule has 0 fully saturated rings. The van der Waals surface area contributed by atoms with Gasteiger partial charge in [0.1, 0.15) is 11.6 Å². The fraction of sp³-hybridized carbons (Fsp3) is 0.385. The third kappa shape index (κ3) is 3.07. The molecule has 0 aliphatic carbocycles. The zero-order valence-electron chi connectivity index (χ0n) is 10.0. The van der Waals surface area contributed by atoms with Gasteiger partial charge in [0.05, 0.1) is 7.11 Å². The summed E-state index contributed by atoms with van der Waals surface area (Å²) >= 11 is 0. The van der Waals surface area contributed by atoms with E-state index in [0.717, 1.165) is 5.57 Å². The summed E-state index contributed by atoms with van der Waals surface area (Å²) in [7, 11) is 1.55. The molecule has 0 aromatic heterocycles. The molecule has 0 bridgehead atoms. The minimum Gasteiger partial charge on any atom is -0.496 e. The number of methoxy groups -OCH3 is 1. The first-order valence-corrected chi connectivity index (χ1v) is 5.26. The molecule has 0 amide bonds. The van der Waals surface area contributed by atoms with Gasteiger partial charge in [-0.05, 0) is 26.0 Å². The molecule has 0 heterocycles. The van der Waals surface area contributed by atoms with Crippen LogP contribution in [0.25, 0.3) is 0 Å². The Kier molecular flexibility index (Phi) is 4.50. The zero-order valence-corrected chi connectivity index (χ0v) is 10.0. The zero-order chi connectivity index (χ0) is 12.1. The van der Waals surface area contributed by atoms with E-state index in [1.165, 1.54) is 6.07 Å². The second-order valence-corrected chi connectivity index (χ2v) is 3.92. The van der Waals surface area contributed by atoms with Crippen LogP contribution in [0.1, 0.15) is 25.5 Å². The number of rotatable bonds is 5. The Balaban J connectivity index is 2.88. The minimum absolute atomic E-state index is 0.104. The van der Waals surface area contributed by atoms with E-state index in [9.17, 15) is 4.39 Å². The van der Waals surface area contributed by atoms with Gasteiger partial charge < -0.3 is 10.1 Å². The summed E-state index contributed by atoms with van der Waals surface area (Å²) in [6.45, 7) is 8.30. The maximum Gasteiger partial charge on any atom is 0.131 e. The molecule has 1 unspecified atom stereocenters. The molecule has 1 aromatic rings. The van der Waals surface area contributed by atoms with E-state index in [-0.39, 0.29) is 11.9 Å². The lowest BCUT2D eigenvalue weighted by Crippen LogP contribution is -2.21. The molecule has 3 heteroatoms. The van der Waals surface area contributed by atoms with Gasteiger partial charge in [-0.2, -0.15) is 0 Å². The molecule has 2 nitrogen and oxygen atoms in total. The fourth-order valence-corrected chi connectivity index (χ4v) is 1.54. The Morgan fingerprint density at radius 1 is 1.56 bits per heavy atom. The highest BCUT2D eigenvalue weighted by atomic mass is 19.1. The monoisotopic (exact) mass is 223 g/mol. The lowest BCUT2D eigenvalue weighted by molar-refractivity contribution is 0.395. The highest BCUT2D eigenvalue weighted by Gasteiger charge is 2.15. The number of hydrogen-bond acceptors (Lipinski definition) is 2. The van der Waals surface area contributed by atoms with Crippen LogP contribution < -0.4 is 10.1 Å². The van der Waals surface area contributed by atoms with Gasteiger partial charge in [0.25, 0.3) is 0 Å². The van der Waals surface area contributed by atoms with Crippen molar-refractivity contribution in [1.29, 1.82) is 0 Å². The quantitative estimate of drug-likeness (QED) is 0.775. The van der Waals surface area contributed by atoms with E-state index in [4.69, 9.17) is 4.74 Å². The van der Waals surface area contributed by atoms with Crippen LogP contribution in [0.3, 0.4) is 0 Å². The molecule has 1 atom stereocenters. The molecule has 1 rings (SSSR count). The summed E-state index contributed by atoms with van der Waals surface area (Å²) in [5.41, 5.74) is 1.58. The first kappa shape index (κ1) is 12.7. The van der Waals surface area contributed by atoms with Crippen molar-refractivity contribution in [3.63, 3.8) is 0 Å². The molecule has 0 aliphatic heterocycles. The van der Waals surface area contributed by atoms with Gasteiger partial charge in [0.2, 0.25) is 0 Å². The molecule has 1 N–H and O–H groups in total. The van der Waals surface area contributed by atoms with Gasteiger partial charge in [-0.3, -0.25) is 0 Å². The van der Waals surface area contributed by atoms with E-state index in [1.54, 1.807) is 19.2 Å².